The number of carboxylic acid groups (broad SMARTS) is 1. The Morgan fingerprint density at radius 3 is 2.72 bits per heavy atom. The topological polar surface area (TPSA) is 94.2 Å². The summed E-state index contributed by atoms with van der Waals surface area (Å²) in [5.41, 5.74) is 2.17. The van der Waals surface area contributed by atoms with Crippen LogP contribution in [-0.2, 0) is 4.84 Å². The van der Waals surface area contributed by atoms with Crippen LogP contribution >= 0.6 is 0 Å². The van der Waals surface area contributed by atoms with Crippen LogP contribution in [0.2, 0.25) is 0 Å². The molecule has 0 saturated carbocycles. The van der Waals surface area contributed by atoms with Gasteiger partial charge in [-0.25, -0.2) is 4.79 Å². The zero-order chi connectivity index (χ0) is 20.5. The highest BCUT2D eigenvalue weighted by Crippen LogP contribution is 2.20. The van der Waals surface area contributed by atoms with Crippen molar-refractivity contribution in [3.8, 4) is 17.0 Å². The Kier molecular flexibility index (Phi) is 7.00. The van der Waals surface area contributed by atoms with Gasteiger partial charge in [-0.1, -0.05) is 60.1 Å². The summed E-state index contributed by atoms with van der Waals surface area (Å²) < 4.78 is 11.2. The van der Waals surface area contributed by atoms with Crippen molar-refractivity contribution in [1.82, 2.24) is 5.16 Å². The lowest BCUT2D eigenvalue weighted by Gasteiger charge is -2.08. The van der Waals surface area contributed by atoms with E-state index in [2.05, 4.69) is 17.2 Å². The number of hydrogen-bond acceptors (Lipinski definition) is 6. The minimum Gasteiger partial charge on any atom is -0.487 e. The molecule has 0 amide bonds. The van der Waals surface area contributed by atoms with Crippen molar-refractivity contribution in [1.29, 1.82) is 0 Å². The molecule has 0 aliphatic carbocycles. The van der Waals surface area contributed by atoms with Crippen LogP contribution in [0.25, 0.3) is 11.3 Å². The Morgan fingerprint density at radius 2 is 1.97 bits per heavy atom. The van der Waals surface area contributed by atoms with Gasteiger partial charge >= 0.3 is 5.97 Å². The van der Waals surface area contributed by atoms with E-state index in [-0.39, 0.29) is 12.2 Å². The smallest absolute Gasteiger partial charge is 0.335 e. The molecule has 0 fully saturated rings. The summed E-state index contributed by atoms with van der Waals surface area (Å²) in [6.45, 7) is 2.59. The van der Waals surface area contributed by atoms with E-state index in [0.717, 1.165) is 18.4 Å². The van der Waals surface area contributed by atoms with Crippen LogP contribution in [0.5, 0.6) is 5.75 Å². The van der Waals surface area contributed by atoms with Crippen LogP contribution in [0.15, 0.2) is 70.3 Å². The summed E-state index contributed by atoms with van der Waals surface area (Å²) >= 11 is 0. The molecule has 3 rings (SSSR count). The Hall–Kier alpha value is -3.61. The number of benzene rings is 2. The van der Waals surface area contributed by atoms with Gasteiger partial charge in [-0.2, -0.15) is 0 Å². The van der Waals surface area contributed by atoms with Crippen LogP contribution in [-0.4, -0.2) is 35.2 Å². The Bertz CT molecular complexity index is 966. The largest absolute Gasteiger partial charge is 0.487 e. The molecule has 0 bridgehead atoms. The quantitative estimate of drug-likeness (QED) is 0.306. The minimum atomic E-state index is -1.02. The second kappa shape index (κ2) is 10.1. The predicted octanol–water partition coefficient (Wildman–Crippen LogP) is 4.64. The lowest BCUT2D eigenvalue weighted by molar-refractivity contribution is 0.0696. The van der Waals surface area contributed by atoms with Gasteiger partial charge in [0.25, 0.3) is 0 Å². The number of nitrogens with zero attached hydrogens (tertiary/aromatic N) is 2. The molecular weight excluding hydrogens is 372 g/mol. The van der Waals surface area contributed by atoms with Crippen molar-refractivity contribution in [3.05, 3.63) is 72.0 Å². The zero-order valence-electron chi connectivity index (χ0n) is 16.1. The van der Waals surface area contributed by atoms with E-state index >= 15 is 0 Å². The molecule has 0 saturated heterocycles. The highest BCUT2D eigenvalue weighted by molar-refractivity contribution is 5.99. The molecule has 0 atom stereocenters. The number of rotatable bonds is 10. The van der Waals surface area contributed by atoms with E-state index in [9.17, 15) is 4.79 Å². The third-order valence-electron chi connectivity index (χ3n) is 4.08. The molecule has 2 aromatic carbocycles. The van der Waals surface area contributed by atoms with Gasteiger partial charge in [-0.3, -0.25) is 0 Å². The molecule has 0 radical (unpaired) electrons. The van der Waals surface area contributed by atoms with E-state index < -0.39 is 5.97 Å². The van der Waals surface area contributed by atoms with Crippen molar-refractivity contribution >= 4 is 11.7 Å². The fourth-order valence-corrected chi connectivity index (χ4v) is 2.50. The van der Waals surface area contributed by atoms with Crippen LogP contribution in [0, 0.1) is 0 Å². The first-order valence-electron chi connectivity index (χ1n) is 9.35. The first-order chi connectivity index (χ1) is 14.2. The number of carbonyl (C=O) groups is 1. The van der Waals surface area contributed by atoms with Gasteiger partial charge in [0.15, 0.2) is 11.5 Å². The predicted molar refractivity (Wildman–Crippen MR) is 108 cm³/mol. The zero-order valence-corrected chi connectivity index (χ0v) is 16.1. The average molecular weight is 394 g/mol. The molecule has 1 N–H and O–H groups in total. The highest BCUT2D eigenvalue weighted by atomic mass is 16.6. The van der Waals surface area contributed by atoms with Gasteiger partial charge in [0.05, 0.1) is 5.56 Å². The fourth-order valence-electron chi connectivity index (χ4n) is 2.50. The van der Waals surface area contributed by atoms with Gasteiger partial charge in [0, 0.05) is 11.6 Å². The first-order valence-corrected chi connectivity index (χ1v) is 9.35. The maximum atomic E-state index is 11.1. The molecule has 0 aliphatic heterocycles. The molecule has 0 unspecified atom stereocenters. The Labute approximate surface area is 168 Å². The molecule has 0 aliphatic rings. The van der Waals surface area contributed by atoms with Crippen LogP contribution in [0.1, 0.15) is 35.9 Å². The van der Waals surface area contributed by atoms with Crippen molar-refractivity contribution < 1.29 is 24.0 Å². The summed E-state index contributed by atoms with van der Waals surface area (Å²) in [7, 11) is 0. The number of aromatic nitrogens is 1. The van der Waals surface area contributed by atoms with Crippen molar-refractivity contribution in [3.63, 3.8) is 0 Å². The molecule has 7 nitrogen and oxygen atoms in total. The number of hydrogen-bond donors (Lipinski definition) is 1. The second-order valence-corrected chi connectivity index (χ2v) is 6.29. The van der Waals surface area contributed by atoms with Crippen molar-refractivity contribution in [2.75, 3.05) is 13.2 Å². The molecule has 0 spiro atoms. The van der Waals surface area contributed by atoms with E-state index in [1.165, 1.54) is 12.1 Å². The van der Waals surface area contributed by atoms with E-state index in [0.29, 0.717) is 29.5 Å². The van der Waals surface area contributed by atoms with E-state index in [4.69, 9.17) is 19.2 Å². The minimum absolute atomic E-state index is 0.0403. The lowest BCUT2D eigenvalue weighted by Crippen LogP contribution is -2.13. The maximum Gasteiger partial charge on any atom is 0.335 e. The standard InChI is InChI=1S/C22H22N2O5/c1-2-3-12-28-23-20(15-27-18-11-7-10-17(13-18)22(25)26)21-14-19(24-29-21)16-8-5-4-6-9-16/h4-11,13-14H,2-3,12,15H2,1H3,(H,25,26). The third-order valence-corrected chi connectivity index (χ3v) is 4.08. The number of aromatic carboxylic acids is 1. The average Bonchev–Trinajstić information content (AvgIpc) is 3.24. The number of unbranched alkanes of at least 4 members (excludes halogenated alkanes) is 1. The summed E-state index contributed by atoms with van der Waals surface area (Å²) in [6, 6.07) is 17.7. The van der Waals surface area contributed by atoms with Gasteiger partial charge in [-0.05, 0) is 24.6 Å². The van der Waals surface area contributed by atoms with Crippen molar-refractivity contribution in [2.24, 2.45) is 5.16 Å². The van der Waals surface area contributed by atoms with Crippen LogP contribution in [0.3, 0.4) is 0 Å². The molecule has 7 heteroatoms. The number of ether oxygens (including phenoxy) is 1. The van der Waals surface area contributed by atoms with Gasteiger partial charge < -0.3 is 19.2 Å². The number of oxime groups is 1. The fraction of sp³-hybridized carbons (Fsp3) is 0.227. The van der Waals surface area contributed by atoms with Crippen LogP contribution < -0.4 is 4.74 Å². The van der Waals surface area contributed by atoms with Gasteiger partial charge in [0.1, 0.15) is 24.7 Å². The number of carboxylic acids is 1. The van der Waals surface area contributed by atoms with Crippen molar-refractivity contribution in [2.45, 2.75) is 19.8 Å². The third kappa shape index (κ3) is 5.68. The van der Waals surface area contributed by atoms with E-state index in [1.807, 2.05) is 30.3 Å². The highest BCUT2D eigenvalue weighted by Gasteiger charge is 2.15. The molecule has 29 heavy (non-hydrogen) atoms. The molecule has 1 aromatic heterocycles. The molecule has 3 aromatic rings. The Morgan fingerprint density at radius 1 is 1.14 bits per heavy atom. The normalized spacial score (nSPS) is 11.3. The maximum absolute atomic E-state index is 11.1. The summed E-state index contributed by atoms with van der Waals surface area (Å²) in [5, 5.41) is 17.4. The lowest BCUT2D eigenvalue weighted by atomic mass is 10.1. The molecular formula is C22H22N2O5. The summed E-state index contributed by atoms with van der Waals surface area (Å²) in [6.07, 6.45) is 1.87. The van der Waals surface area contributed by atoms with E-state index in [1.54, 1.807) is 18.2 Å². The monoisotopic (exact) mass is 394 g/mol. The SMILES string of the molecule is CCCCON=C(COc1cccc(C(=O)O)c1)c1cc(-c2ccccc2)no1. The molecule has 1 heterocycles. The second-order valence-electron chi connectivity index (χ2n) is 6.29. The summed E-state index contributed by atoms with van der Waals surface area (Å²) in [5.74, 6) is -0.182. The van der Waals surface area contributed by atoms with Gasteiger partial charge in [0.2, 0.25) is 0 Å². The first kappa shape index (κ1) is 20.1. The van der Waals surface area contributed by atoms with Crippen LogP contribution in [0.4, 0.5) is 0 Å². The molecule has 150 valence electrons. The van der Waals surface area contributed by atoms with Gasteiger partial charge in [-0.15, -0.1) is 0 Å². The summed E-state index contributed by atoms with van der Waals surface area (Å²) in [4.78, 5) is 16.5. The Balaban J connectivity index is 1.77.